The number of benzene rings is 3. The topological polar surface area (TPSA) is 4.93 Å². The Morgan fingerprint density at radius 3 is 2.24 bits per heavy atom. The minimum atomic E-state index is 1.08. The van der Waals surface area contributed by atoms with Crippen LogP contribution in [0.15, 0.2) is 72.8 Å². The summed E-state index contributed by atoms with van der Waals surface area (Å²) in [7, 11) is 0. The van der Waals surface area contributed by atoms with Crippen LogP contribution < -0.4 is 0 Å². The highest BCUT2D eigenvalue weighted by molar-refractivity contribution is 6.13. The smallest absolute Gasteiger partial charge is 0.0703 e. The highest BCUT2D eigenvalue weighted by atomic mass is 14.9. The number of rotatable bonds is 1. The van der Waals surface area contributed by atoms with E-state index in [4.69, 9.17) is 6.42 Å². The van der Waals surface area contributed by atoms with E-state index >= 15 is 0 Å². The third-order valence-electron chi connectivity index (χ3n) is 3.91. The van der Waals surface area contributed by atoms with Gasteiger partial charge in [-0.2, -0.15) is 0 Å². The zero-order valence-electron chi connectivity index (χ0n) is 11.5. The van der Waals surface area contributed by atoms with E-state index in [1.807, 2.05) is 16.7 Å². The number of para-hydroxylation sites is 2. The molecule has 1 nitrogen and oxygen atoms in total. The van der Waals surface area contributed by atoms with Gasteiger partial charge in [-0.15, -0.1) is 0 Å². The fraction of sp³-hybridized carbons (Fsp3) is 0. The fourth-order valence-corrected chi connectivity index (χ4v) is 3.00. The normalized spacial score (nSPS) is 10.8. The lowest BCUT2D eigenvalue weighted by Gasteiger charge is -2.05. The molecule has 0 aliphatic heterocycles. The number of nitrogens with zero attached hydrogens (tertiary/aromatic N) is 1. The summed E-state index contributed by atoms with van der Waals surface area (Å²) in [6.07, 6.45) is 5.79. The molecule has 1 heteroatoms. The summed E-state index contributed by atoms with van der Waals surface area (Å²) in [5.74, 6) is 0. The second kappa shape index (κ2) is 4.54. The Morgan fingerprint density at radius 2 is 1.43 bits per heavy atom. The molecule has 0 saturated carbocycles. The first kappa shape index (κ1) is 11.8. The molecule has 4 rings (SSSR count). The van der Waals surface area contributed by atoms with Crippen molar-refractivity contribution in [1.29, 1.82) is 0 Å². The van der Waals surface area contributed by atoms with E-state index in [0.717, 1.165) is 11.0 Å². The van der Waals surface area contributed by atoms with E-state index in [1.165, 1.54) is 21.9 Å². The third kappa shape index (κ3) is 1.67. The molecule has 0 radical (unpaired) electrons. The maximum atomic E-state index is 5.79. The average molecular weight is 267 g/mol. The van der Waals surface area contributed by atoms with E-state index in [9.17, 15) is 0 Å². The van der Waals surface area contributed by atoms with Crippen LogP contribution in [0, 0.1) is 12.5 Å². The van der Waals surface area contributed by atoms with Crippen LogP contribution in [0.5, 0.6) is 0 Å². The molecule has 21 heavy (non-hydrogen) atoms. The van der Waals surface area contributed by atoms with Gasteiger partial charge in [-0.25, -0.2) is 0 Å². The summed E-state index contributed by atoms with van der Waals surface area (Å²) in [6, 6.07) is 27.8. The van der Waals surface area contributed by atoms with Gasteiger partial charge in [0, 0.05) is 22.4 Å². The van der Waals surface area contributed by atoms with Gasteiger partial charge in [-0.1, -0.05) is 73.2 Å². The maximum absolute atomic E-state index is 5.79. The van der Waals surface area contributed by atoms with Crippen LogP contribution in [0.3, 0.4) is 0 Å². The summed E-state index contributed by atoms with van der Waals surface area (Å²) in [6.45, 7) is 0. The molecule has 0 aliphatic rings. The molecule has 1 aromatic heterocycles. The van der Waals surface area contributed by atoms with Gasteiger partial charge in [0.25, 0.3) is 0 Å². The first-order chi connectivity index (χ1) is 10.4. The average Bonchev–Trinajstić information content (AvgIpc) is 2.89. The first-order valence-electron chi connectivity index (χ1n) is 6.94. The van der Waals surface area contributed by atoms with Crippen molar-refractivity contribution < 1.29 is 0 Å². The second-order valence-electron chi connectivity index (χ2n) is 5.05. The van der Waals surface area contributed by atoms with E-state index in [2.05, 4.69) is 66.7 Å². The molecular weight excluding hydrogens is 254 g/mol. The molecular formula is C20H13N. The molecule has 0 amide bonds. The van der Waals surface area contributed by atoms with Crippen molar-refractivity contribution in [2.24, 2.45) is 0 Å². The molecule has 0 bridgehead atoms. The Labute approximate surface area is 123 Å². The van der Waals surface area contributed by atoms with Crippen molar-refractivity contribution in [3.05, 3.63) is 72.8 Å². The summed E-state index contributed by atoms with van der Waals surface area (Å²) in [5.41, 5.74) is 4.54. The van der Waals surface area contributed by atoms with Crippen molar-refractivity contribution >= 4 is 21.8 Å². The molecule has 4 aromatic rings. The Balaban J connectivity index is 2.23. The predicted molar refractivity (Wildman–Crippen MR) is 89.1 cm³/mol. The van der Waals surface area contributed by atoms with Gasteiger partial charge in [0.15, 0.2) is 0 Å². The quantitative estimate of drug-likeness (QED) is 0.432. The van der Waals surface area contributed by atoms with Gasteiger partial charge >= 0.3 is 0 Å². The van der Waals surface area contributed by atoms with Crippen LogP contribution in [0.25, 0.3) is 32.9 Å². The zero-order chi connectivity index (χ0) is 14.2. The molecule has 1 heterocycles. The molecule has 0 atom stereocenters. The molecule has 0 unspecified atom stereocenters. The second-order valence-corrected chi connectivity index (χ2v) is 5.05. The molecule has 0 N–H and O–H groups in total. The molecule has 0 aliphatic carbocycles. The fourth-order valence-electron chi connectivity index (χ4n) is 3.00. The van der Waals surface area contributed by atoms with Gasteiger partial charge in [0.1, 0.15) is 0 Å². The van der Waals surface area contributed by atoms with E-state index in [0.29, 0.717) is 0 Å². The van der Waals surface area contributed by atoms with Crippen molar-refractivity contribution in [1.82, 2.24) is 4.57 Å². The Kier molecular flexibility index (Phi) is 2.55. The Bertz CT molecular complexity index is 985. The van der Waals surface area contributed by atoms with Crippen LogP contribution in [0.1, 0.15) is 0 Å². The highest BCUT2D eigenvalue weighted by Gasteiger charge is 2.13. The minimum absolute atomic E-state index is 1.08. The number of fused-ring (bicyclic) bond motifs is 3. The lowest BCUT2D eigenvalue weighted by Crippen LogP contribution is -1.89. The molecule has 0 spiro atoms. The predicted octanol–water partition coefficient (Wildman–Crippen LogP) is 4.90. The Morgan fingerprint density at radius 1 is 0.714 bits per heavy atom. The summed E-state index contributed by atoms with van der Waals surface area (Å²) >= 11 is 0. The van der Waals surface area contributed by atoms with Crippen LogP contribution in [0.4, 0.5) is 0 Å². The monoisotopic (exact) mass is 267 g/mol. The summed E-state index contributed by atoms with van der Waals surface area (Å²) < 4.78 is 1.95. The molecule has 0 saturated heterocycles. The zero-order valence-corrected chi connectivity index (χ0v) is 11.5. The maximum Gasteiger partial charge on any atom is 0.0703 e. The molecule has 3 aromatic carbocycles. The SMILES string of the molecule is C#Cn1c2ccccc2c2cccc(-c3ccccc3)c21. The van der Waals surface area contributed by atoms with E-state index in [-0.39, 0.29) is 0 Å². The van der Waals surface area contributed by atoms with Crippen molar-refractivity contribution in [2.75, 3.05) is 0 Å². The molecule has 98 valence electrons. The molecule has 0 fully saturated rings. The number of hydrogen-bond donors (Lipinski definition) is 0. The number of hydrogen-bond acceptors (Lipinski definition) is 0. The van der Waals surface area contributed by atoms with Crippen molar-refractivity contribution in [3.8, 4) is 23.6 Å². The minimum Gasteiger partial charge on any atom is -0.268 e. The van der Waals surface area contributed by atoms with Crippen molar-refractivity contribution in [3.63, 3.8) is 0 Å². The van der Waals surface area contributed by atoms with E-state index < -0.39 is 0 Å². The number of terminal acetylenes is 1. The van der Waals surface area contributed by atoms with E-state index in [1.54, 1.807) is 0 Å². The van der Waals surface area contributed by atoms with Crippen molar-refractivity contribution in [2.45, 2.75) is 0 Å². The Hall–Kier alpha value is -2.98. The van der Waals surface area contributed by atoms with Gasteiger partial charge < -0.3 is 0 Å². The summed E-state index contributed by atoms with van der Waals surface area (Å²) in [5, 5.41) is 2.40. The summed E-state index contributed by atoms with van der Waals surface area (Å²) in [4.78, 5) is 0. The lowest BCUT2D eigenvalue weighted by molar-refractivity contribution is 1.27. The first-order valence-corrected chi connectivity index (χ1v) is 6.94. The largest absolute Gasteiger partial charge is 0.268 e. The number of aromatic nitrogens is 1. The van der Waals surface area contributed by atoms with Crippen LogP contribution in [-0.2, 0) is 0 Å². The van der Waals surface area contributed by atoms with Gasteiger partial charge in [0.05, 0.1) is 11.0 Å². The van der Waals surface area contributed by atoms with Crippen LogP contribution in [-0.4, -0.2) is 4.57 Å². The van der Waals surface area contributed by atoms with Crippen LogP contribution >= 0.6 is 0 Å². The van der Waals surface area contributed by atoms with Crippen LogP contribution in [0.2, 0.25) is 0 Å². The lowest BCUT2D eigenvalue weighted by atomic mass is 10.0. The third-order valence-corrected chi connectivity index (χ3v) is 3.91. The van der Waals surface area contributed by atoms with Gasteiger partial charge in [-0.05, 0) is 11.6 Å². The highest BCUT2D eigenvalue weighted by Crippen LogP contribution is 2.35. The van der Waals surface area contributed by atoms with Gasteiger partial charge in [0.2, 0.25) is 0 Å². The van der Waals surface area contributed by atoms with Gasteiger partial charge in [-0.3, -0.25) is 4.57 Å². The standard InChI is InChI=1S/C20H13N/c1-2-21-19-14-7-6-11-17(19)18-13-8-12-16(20(18)21)15-9-4-3-5-10-15/h1,3-14H.